The summed E-state index contributed by atoms with van der Waals surface area (Å²) in [5.41, 5.74) is 6.28. The van der Waals surface area contributed by atoms with Gasteiger partial charge in [0.15, 0.2) is 0 Å². The van der Waals surface area contributed by atoms with Crippen molar-refractivity contribution in [1.82, 2.24) is 14.8 Å². The van der Waals surface area contributed by atoms with Crippen LogP contribution in [0.15, 0.2) is 90.1 Å². The Morgan fingerprint density at radius 3 is 2.45 bits per heavy atom. The molecule has 0 saturated carbocycles. The fourth-order valence-electron chi connectivity index (χ4n) is 8.37. The second-order valence-electron chi connectivity index (χ2n) is 13.5. The van der Waals surface area contributed by atoms with E-state index in [1.165, 1.54) is 5.56 Å². The molecule has 4 heterocycles. The average Bonchev–Trinajstić information content (AvgIpc) is 3.33. The number of amides is 2. The van der Waals surface area contributed by atoms with Gasteiger partial charge in [-0.3, -0.25) is 24.4 Å². The van der Waals surface area contributed by atoms with Crippen LogP contribution in [0.5, 0.6) is 5.75 Å². The maximum absolute atomic E-state index is 14.2. The number of benzene rings is 2. The molecule has 0 bridgehead atoms. The predicted octanol–water partition coefficient (Wildman–Crippen LogP) is 5.59. The van der Waals surface area contributed by atoms with Crippen molar-refractivity contribution < 1.29 is 24.4 Å². The smallest absolute Gasteiger partial charge is 0.455 e. The second-order valence-corrected chi connectivity index (χ2v) is 13.5. The van der Waals surface area contributed by atoms with Crippen molar-refractivity contribution in [2.24, 2.45) is 17.8 Å². The minimum atomic E-state index is -1.00. The minimum Gasteiger partial charge on any atom is -0.508 e. The number of rotatable bonds is 8. The van der Waals surface area contributed by atoms with Crippen molar-refractivity contribution >= 4 is 30.6 Å². The zero-order valence-electron chi connectivity index (χ0n) is 26.9. The predicted molar refractivity (Wildman–Crippen MR) is 181 cm³/mol. The largest absolute Gasteiger partial charge is 0.508 e. The van der Waals surface area contributed by atoms with E-state index in [9.17, 15) is 19.7 Å². The van der Waals surface area contributed by atoms with Crippen molar-refractivity contribution in [2.75, 3.05) is 13.1 Å². The number of carbonyl (C=O) groups is 2. The molecule has 3 aliphatic heterocycles. The van der Waals surface area contributed by atoms with Crippen molar-refractivity contribution in [1.29, 1.82) is 0 Å². The van der Waals surface area contributed by atoms with Gasteiger partial charge < -0.3 is 14.8 Å². The molecule has 0 spiro atoms. The second kappa shape index (κ2) is 13.6. The molecule has 2 amide bonds. The molecule has 8 nitrogen and oxygen atoms in total. The van der Waals surface area contributed by atoms with E-state index in [1.807, 2.05) is 36.4 Å². The molecule has 4 atom stereocenters. The normalized spacial score (nSPS) is 25.7. The standard InChI is InChI=1S/C38H42BN3O5/c1-25-21-31-36(38(45)42(37(31)44)29-16-19-41(20-17-29)24-27-7-3-2-4-8-27)32-23-39(46)47-34(35(25)32)15-12-28(33-9-5-6-18-40-33)22-26-10-13-30(43)14-11-26/h2-11,13-14,18,22,29,31-32,34,36,43,46H,12,15-17,19-21,23-24H2,1H3/b28-22-/t31-,32+,34-,36-/m1/s1. The fraction of sp³-hybridized carbons (Fsp3) is 0.395. The molecule has 1 aliphatic carbocycles. The van der Waals surface area contributed by atoms with Gasteiger partial charge in [-0.25, -0.2) is 0 Å². The third kappa shape index (κ3) is 6.57. The molecule has 4 aliphatic rings. The molecule has 1 aromatic heterocycles. The number of aromatic nitrogens is 1. The summed E-state index contributed by atoms with van der Waals surface area (Å²) in [5, 5.41) is 20.7. The summed E-state index contributed by atoms with van der Waals surface area (Å²) in [6.07, 6.45) is 7.15. The van der Waals surface area contributed by atoms with Gasteiger partial charge in [0.25, 0.3) is 0 Å². The minimum absolute atomic E-state index is 0.0355. The average molecular weight is 632 g/mol. The van der Waals surface area contributed by atoms with Crippen molar-refractivity contribution in [2.45, 2.75) is 64.0 Å². The number of likely N-dealkylation sites (tertiary alicyclic amines) is 2. The Bertz CT molecular complexity index is 1650. The first-order valence-electron chi connectivity index (χ1n) is 16.9. The zero-order valence-corrected chi connectivity index (χ0v) is 26.9. The van der Waals surface area contributed by atoms with Crippen LogP contribution in [-0.4, -0.2) is 69.1 Å². The first kappa shape index (κ1) is 31.5. The number of fused-ring (bicyclic) bond motifs is 3. The Balaban J connectivity index is 1.07. The van der Waals surface area contributed by atoms with Gasteiger partial charge in [0, 0.05) is 31.9 Å². The number of pyridine rings is 1. The van der Waals surface area contributed by atoms with Crippen molar-refractivity contribution in [3.05, 3.63) is 107 Å². The third-order valence-electron chi connectivity index (χ3n) is 10.6. The highest BCUT2D eigenvalue weighted by atomic mass is 16.5. The Morgan fingerprint density at radius 1 is 0.979 bits per heavy atom. The SMILES string of the molecule is CC1=C2[C@@H](CC/C(=C/c3ccc(O)cc3)c3ccccn3)OB(O)C[C@@H]2[C@@H]2C(=O)N(C3CCN(Cc4ccccc4)CC3)C(=O)[C@@H]2C1. The van der Waals surface area contributed by atoms with Crippen molar-refractivity contribution in [3.63, 3.8) is 0 Å². The number of nitrogens with zero attached hydrogens (tertiary/aromatic N) is 3. The summed E-state index contributed by atoms with van der Waals surface area (Å²) in [5.74, 6) is -0.934. The van der Waals surface area contributed by atoms with E-state index in [0.717, 1.165) is 60.5 Å². The number of allylic oxidation sites excluding steroid dienone is 2. The third-order valence-corrected chi connectivity index (χ3v) is 10.6. The van der Waals surface area contributed by atoms with Gasteiger partial charge in [-0.15, -0.1) is 0 Å². The highest BCUT2D eigenvalue weighted by Gasteiger charge is 2.58. The molecule has 7 rings (SSSR count). The van der Waals surface area contributed by atoms with Crippen LogP contribution in [-0.2, 0) is 20.8 Å². The molecular weight excluding hydrogens is 589 g/mol. The van der Waals surface area contributed by atoms with Gasteiger partial charge in [-0.1, -0.05) is 54.1 Å². The summed E-state index contributed by atoms with van der Waals surface area (Å²) in [7, 11) is -1.00. The molecule has 3 saturated heterocycles. The van der Waals surface area contributed by atoms with Crippen LogP contribution in [0.4, 0.5) is 0 Å². The lowest BCUT2D eigenvalue weighted by atomic mass is 9.58. The van der Waals surface area contributed by atoms with Crippen LogP contribution in [0, 0.1) is 17.8 Å². The number of phenols is 1. The number of carbonyl (C=O) groups excluding carboxylic acids is 2. The molecule has 47 heavy (non-hydrogen) atoms. The monoisotopic (exact) mass is 631 g/mol. The number of imide groups is 1. The maximum atomic E-state index is 14.2. The topological polar surface area (TPSA) is 103 Å². The van der Waals surface area contributed by atoms with Gasteiger partial charge in [-0.05, 0) is 104 Å². The summed E-state index contributed by atoms with van der Waals surface area (Å²) in [6, 6.07) is 23.2. The zero-order chi connectivity index (χ0) is 32.5. The highest BCUT2D eigenvalue weighted by Crippen LogP contribution is 2.51. The van der Waals surface area contributed by atoms with E-state index in [0.29, 0.717) is 25.6 Å². The number of piperidine rings is 1. The molecule has 3 aromatic rings. The van der Waals surface area contributed by atoms with Gasteiger partial charge in [-0.2, -0.15) is 0 Å². The lowest BCUT2D eigenvalue weighted by Crippen LogP contribution is -2.48. The van der Waals surface area contributed by atoms with Crippen molar-refractivity contribution in [3.8, 4) is 5.75 Å². The number of aromatic hydroxyl groups is 1. The summed E-state index contributed by atoms with van der Waals surface area (Å²) in [6.45, 7) is 4.65. The van der Waals surface area contributed by atoms with Crippen LogP contribution in [0.25, 0.3) is 11.6 Å². The van der Waals surface area contributed by atoms with Crippen LogP contribution in [0.2, 0.25) is 6.32 Å². The van der Waals surface area contributed by atoms with Gasteiger partial charge in [0.1, 0.15) is 5.75 Å². The molecular formula is C38H42BN3O5. The van der Waals surface area contributed by atoms with Crippen LogP contribution in [0.1, 0.15) is 55.8 Å². The van der Waals surface area contributed by atoms with E-state index >= 15 is 0 Å². The Labute approximate surface area is 276 Å². The van der Waals surface area contributed by atoms with E-state index in [2.05, 4.69) is 47.1 Å². The lowest BCUT2D eigenvalue weighted by molar-refractivity contribution is -0.144. The molecule has 2 N–H and O–H groups in total. The van der Waals surface area contributed by atoms with E-state index in [-0.39, 0.29) is 41.5 Å². The van der Waals surface area contributed by atoms with Gasteiger partial charge in [0.2, 0.25) is 11.8 Å². The van der Waals surface area contributed by atoms with Crippen LogP contribution >= 0.6 is 0 Å². The van der Waals surface area contributed by atoms with E-state index < -0.39 is 13.0 Å². The maximum Gasteiger partial charge on any atom is 0.455 e. The summed E-state index contributed by atoms with van der Waals surface area (Å²) in [4.78, 5) is 36.7. The number of phenolic OH excluding ortho intramolecular Hbond substituents is 1. The van der Waals surface area contributed by atoms with Gasteiger partial charge >= 0.3 is 7.12 Å². The van der Waals surface area contributed by atoms with Crippen LogP contribution in [0.3, 0.4) is 0 Å². The van der Waals surface area contributed by atoms with E-state index in [4.69, 9.17) is 4.65 Å². The molecule has 0 radical (unpaired) electrons. The number of hydrogen-bond acceptors (Lipinski definition) is 7. The fourth-order valence-corrected chi connectivity index (χ4v) is 8.37. The molecule has 2 aromatic carbocycles. The molecule has 242 valence electrons. The molecule has 0 unspecified atom stereocenters. The summed E-state index contributed by atoms with van der Waals surface area (Å²) >= 11 is 0. The highest BCUT2D eigenvalue weighted by molar-refractivity contribution is 6.43. The number of hydrogen-bond donors (Lipinski definition) is 2. The van der Waals surface area contributed by atoms with Gasteiger partial charge in [0.05, 0.1) is 23.6 Å². The molecule has 3 fully saturated rings. The van der Waals surface area contributed by atoms with E-state index in [1.54, 1.807) is 23.2 Å². The first-order valence-corrected chi connectivity index (χ1v) is 16.9. The Hall–Kier alpha value is -4.05. The lowest BCUT2D eigenvalue weighted by Gasteiger charge is -2.42. The summed E-state index contributed by atoms with van der Waals surface area (Å²) < 4.78 is 6.19. The van der Waals surface area contributed by atoms with Crippen LogP contribution < -0.4 is 0 Å². The Kier molecular flexibility index (Phi) is 9.12. The molecule has 9 heteroatoms. The Morgan fingerprint density at radius 2 is 1.72 bits per heavy atom. The first-order chi connectivity index (χ1) is 22.9. The quantitative estimate of drug-likeness (QED) is 0.190.